The van der Waals surface area contributed by atoms with E-state index in [1.165, 1.54) is 6.26 Å². The summed E-state index contributed by atoms with van der Waals surface area (Å²) < 4.78 is 21.6. The van der Waals surface area contributed by atoms with Crippen molar-refractivity contribution in [3.05, 3.63) is 0 Å². The van der Waals surface area contributed by atoms with Crippen LogP contribution in [0.1, 0.15) is 45.4 Å². The minimum Gasteiger partial charge on any atom is -0.393 e. The van der Waals surface area contributed by atoms with Crippen molar-refractivity contribution in [3.63, 3.8) is 0 Å². The van der Waals surface area contributed by atoms with Gasteiger partial charge < -0.3 is 5.11 Å². The van der Waals surface area contributed by atoms with Crippen LogP contribution >= 0.6 is 0 Å². The Hall–Kier alpha value is -0.0900. The second kappa shape index (κ2) is 7.23. The third-order valence-electron chi connectivity index (χ3n) is 2.17. The largest absolute Gasteiger partial charge is 0.393 e. The van der Waals surface area contributed by atoms with E-state index >= 15 is 0 Å². The molecule has 0 radical (unpaired) electrons. The van der Waals surface area contributed by atoms with Crippen molar-refractivity contribution in [1.82, 2.24) is 0 Å². The first-order chi connectivity index (χ1) is 6.45. The highest BCUT2D eigenvalue weighted by Gasteiger charge is 2.04. The molecule has 0 fully saturated rings. The minimum atomic E-state index is -2.80. The highest BCUT2D eigenvalue weighted by molar-refractivity contribution is 7.90. The Labute approximate surface area is 87.4 Å². The molecule has 0 saturated heterocycles. The maximum atomic E-state index is 10.8. The standard InChI is InChI=1S/C10H22O3S/c1-3-7-10(11)8-5-4-6-9-14(2,12)13/h10-11H,3-9H2,1-2H3. The molecule has 86 valence electrons. The van der Waals surface area contributed by atoms with E-state index < -0.39 is 9.84 Å². The quantitative estimate of drug-likeness (QED) is 0.637. The SMILES string of the molecule is CCCC(O)CCCCCS(C)(=O)=O. The molecule has 0 spiro atoms. The van der Waals surface area contributed by atoms with Crippen LogP contribution < -0.4 is 0 Å². The summed E-state index contributed by atoms with van der Waals surface area (Å²) >= 11 is 0. The van der Waals surface area contributed by atoms with Crippen molar-refractivity contribution in [1.29, 1.82) is 0 Å². The van der Waals surface area contributed by atoms with Crippen LogP contribution in [0.5, 0.6) is 0 Å². The molecule has 0 aliphatic heterocycles. The molecular formula is C10H22O3S. The Morgan fingerprint density at radius 3 is 2.29 bits per heavy atom. The zero-order chi connectivity index (χ0) is 11.0. The van der Waals surface area contributed by atoms with Crippen molar-refractivity contribution in [3.8, 4) is 0 Å². The molecule has 1 atom stereocenters. The molecule has 0 saturated carbocycles. The van der Waals surface area contributed by atoms with Gasteiger partial charge >= 0.3 is 0 Å². The molecule has 4 heteroatoms. The van der Waals surface area contributed by atoms with Crippen LogP contribution in [-0.4, -0.2) is 31.6 Å². The Balaban J connectivity index is 3.30. The number of hydrogen-bond donors (Lipinski definition) is 1. The molecule has 0 aromatic carbocycles. The molecule has 0 amide bonds. The third kappa shape index (κ3) is 9.99. The Kier molecular flexibility index (Phi) is 7.19. The van der Waals surface area contributed by atoms with E-state index in [2.05, 4.69) is 0 Å². The number of aliphatic hydroxyl groups excluding tert-OH is 1. The topological polar surface area (TPSA) is 54.4 Å². The van der Waals surface area contributed by atoms with Crippen molar-refractivity contribution in [2.75, 3.05) is 12.0 Å². The Bertz CT molecular complexity index is 222. The van der Waals surface area contributed by atoms with E-state index in [4.69, 9.17) is 0 Å². The van der Waals surface area contributed by atoms with E-state index in [1.807, 2.05) is 6.92 Å². The summed E-state index contributed by atoms with van der Waals surface area (Å²) in [4.78, 5) is 0. The lowest BCUT2D eigenvalue weighted by molar-refractivity contribution is 0.150. The lowest BCUT2D eigenvalue weighted by Crippen LogP contribution is -2.06. The molecule has 1 unspecified atom stereocenters. The summed E-state index contributed by atoms with van der Waals surface area (Å²) in [5.74, 6) is 0.275. The van der Waals surface area contributed by atoms with Crippen LogP contribution in [0, 0.1) is 0 Å². The van der Waals surface area contributed by atoms with Gasteiger partial charge in [0.25, 0.3) is 0 Å². The molecule has 0 aliphatic carbocycles. The van der Waals surface area contributed by atoms with Crippen LogP contribution in [0.3, 0.4) is 0 Å². The predicted molar refractivity (Wildman–Crippen MR) is 59.1 cm³/mol. The van der Waals surface area contributed by atoms with Gasteiger partial charge in [-0.25, -0.2) is 8.42 Å². The molecule has 0 heterocycles. The summed E-state index contributed by atoms with van der Waals surface area (Å²) in [6.45, 7) is 2.05. The van der Waals surface area contributed by atoms with E-state index in [0.717, 1.165) is 38.5 Å². The van der Waals surface area contributed by atoms with Gasteiger partial charge in [-0.05, 0) is 19.3 Å². The number of rotatable bonds is 8. The lowest BCUT2D eigenvalue weighted by Gasteiger charge is -2.07. The molecule has 0 rings (SSSR count). The fourth-order valence-electron chi connectivity index (χ4n) is 1.40. The fourth-order valence-corrected chi connectivity index (χ4v) is 2.13. The van der Waals surface area contributed by atoms with Gasteiger partial charge in [0.2, 0.25) is 0 Å². The lowest BCUT2D eigenvalue weighted by atomic mass is 10.1. The fraction of sp³-hybridized carbons (Fsp3) is 1.00. The van der Waals surface area contributed by atoms with Gasteiger partial charge in [0, 0.05) is 12.0 Å². The average molecular weight is 222 g/mol. The van der Waals surface area contributed by atoms with E-state index in [1.54, 1.807) is 0 Å². The predicted octanol–water partition coefficient (Wildman–Crippen LogP) is 1.75. The van der Waals surface area contributed by atoms with Gasteiger partial charge in [-0.1, -0.05) is 26.2 Å². The second-order valence-corrected chi connectivity index (χ2v) is 6.18. The highest BCUT2D eigenvalue weighted by atomic mass is 32.2. The van der Waals surface area contributed by atoms with Crippen LogP contribution in [0.25, 0.3) is 0 Å². The number of hydrogen-bond acceptors (Lipinski definition) is 3. The van der Waals surface area contributed by atoms with Crippen LogP contribution in [0.4, 0.5) is 0 Å². The molecule has 0 aromatic rings. The minimum absolute atomic E-state index is 0.196. The number of aliphatic hydroxyl groups is 1. The normalized spacial score (nSPS) is 14.2. The number of sulfone groups is 1. The monoisotopic (exact) mass is 222 g/mol. The Morgan fingerprint density at radius 2 is 1.79 bits per heavy atom. The maximum absolute atomic E-state index is 10.8. The van der Waals surface area contributed by atoms with Crippen molar-refractivity contribution < 1.29 is 13.5 Å². The molecule has 3 nitrogen and oxygen atoms in total. The van der Waals surface area contributed by atoms with Crippen LogP contribution in [0.15, 0.2) is 0 Å². The Morgan fingerprint density at radius 1 is 1.14 bits per heavy atom. The zero-order valence-electron chi connectivity index (χ0n) is 9.20. The maximum Gasteiger partial charge on any atom is 0.147 e. The summed E-state index contributed by atoms with van der Waals surface area (Å²) in [5, 5.41) is 9.39. The summed E-state index contributed by atoms with van der Waals surface area (Å²) in [6, 6.07) is 0. The summed E-state index contributed by atoms with van der Waals surface area (Å²) in [5.41, 5.74) is 0. The first kappa shape index (κ1) is 13.9. The van der Waals surface area contributed by atoms with E-state index in [0.29, 0.717) is 0 Å². The van der Waals surface area contributed by atoms with E-state index in [9.17, 15) is 13.5 Å². The first-order valence-corrected chi connectivity index (χ1v) is 7.37. The third-order valence-corrected chi connectivity index (χ3v) is 3.20. The van der Waals surface area contributed by atoms with Gasteiger partial charge in [0.1, 0.15) is 9.84 Å². The van der Waals surface area contributed by atoms with Gasteiger partial charge in [0.05, 0.1) is 6.10 Å². The average Bonchev–Trinajstić information content (AvgIpc) is 2.02. The van der Waals surface area contributed by atoms with Gasteiger partial charge in [0.15, 0.2) is 0 Å². The van der Waals surface area contributed by atoms with Crippen LogP contribution in [-0.2, 0) is 9.84 Å². The smallest absolute Gasteiger partial charge is 0.147 e. The summed E-state index contributed by atoms with van der Waals surface area (Å²) in [7, 11) is -2.80. The van der Waals surface area contributed by atoms with Crippen molar-refractivity contribution in [2.24, 2.45) is 0 Å². The molecule has 14 heavy (non-hydrogen) atoms. The number of unbranched alkanes of at least 4 members (excludes halogenated alkanes) is 2. The van der Waals surface area contributed by atoms with Crippen molar-refractivity contribution in [2.45, 2.75) is 51.6 Å². The highest BCUT2D eigenvalue weighted by Crippen LogP contribution is 2.08. The zero-order valence-corrected chi connectivity index (χ0v) is 10.0. The first-order valence-electron chi connectivity index (χ1n) is 5.31. The second-order valence-electron chi connectivity index (χ2n) is 3.92. The molecular weight excluding hydrogens is 200 g/mol. The van der Waals surface area contributed by atoms with Gasteiger partial charge in [-0.3, -0.25) is 0 Å². The van der Waals surface area contributed by atoms with Crippen LogP contribution in [0.2, 0.25) is 0 Å². The van der Waals surface area contributed by atoms with E-state index in [-0.39, 0.29) is 11.9 Å². The van der Waals surface area contributed by atoms with Crippen molar-refractivity contribution >= 4 is 9.84 Å². The van der Waals surface area contributed by atoms with Gasteiger partial charge in [-0.15, -0.1) is 0 Å². The molecule has 0 aromatic heterocycles. The molecule has 0 bridgehead atoms. The summed E-state index contributed by atoms with van der Waals surface area (Å²) in [6.07, 6.45) is 6.27. The molecule has 1 N–H and O–H groups in total. The van der Waals surface area contributed by atoms with Gasteiger partial charge in [-0.2, -0.15) is 0 Å². The molecule has 0 aliphatic rings.